The molecule has 0 saturated heterocycles. The number of anilines is 1. The molecule has 0 aliphatic carbocycles. The van der Waals surface area contributed by atoms with Crippen LogP contribution in [-0.4, -0.2) is 20.2 Å². The van der Waals surface area contributed by atoms with Gasteiger partial charge in [0.05, 0.1) is 10.5 Å². The molecule has 0 saturated carbocycles. The number of rotatable bonds is 4. The van der Waals surface area contributed by atoms with Crippen LogP contribution >= 0.6 is 0 Å². The molecule has 0 aliphatic rings. The van der Waals surface area contributed by atoms with Crippen molar-refractivity contribution in [1.29, 1.82) is 0 Å². The lowest BCUT2D eigenvalue weighted by Crippen LogP contribution is -2.46. The van der Waals surface area contributed by atoms with Crippen molar-refractivity contribution < 1.29 is 31.2 Å². The molecule has 0 bridgehead atoms. The number of halogens is 3. The van der Waals surface area contributed by atoms with Crippen LogP contribution in [0.5, 0.6) is 0 Å². The van der Waals surface area contributed by atoms with Crippen LogP contribution in [0, 0.1) is 6.92 Å². The van der Waals surface area contributed by atoms with Crippen LogP contribution in [0.2, 0.25) is 0 Å². The van der Waals surface area contributed by atoms with E-state index in [4.69, 9.17) is 0 Å². The Morgan fingerprint density at radius 2 is 1.44 bits per heavy atom. The zero-order valence-corrected chi connectivity index (χ0v) is 14.6. The quantitative estimate of drug-likeness (QED) is 0.538. The van der Waals surface area contributed by atoms with Gasteiger partial charge in [-0.15, -0.1) is 4.83 Å². The van der Waals surface area contributed by atoms with E-state index in [-0.39, 0.29) is 0 Å². The van der Waals surface area contributed by atoms with Crippen molar-refractivity contribution >= 4 is 27.5 Å². The third-order valence-electron chi connectivity index (χ3n) is 3.31. The lowest BCUT2D eigenvalue weighted by atomic mass is 10.2. The fourth-order valence-corrected chi connectivity index (χ4v) is 2.72. The van der Waals surface area contributed by atoms with Gasteiger partial charge in [0.1, 0.15) is 0 Å². The molecule has 11 heteroatoms. The minimum absolute atomic E-state index is 0.325. The number of alkyl halides is 3. The van der Waals surface area contributed by atoms with E-state index in [9.17, 15) is 31.2 Å². The van der Waals surface area contributed by atoms with Gasteiger partial charge in [0.2, 0.25) is 0 Å². The molecule has 0 spiro atoms. The Kier molecular flexibility index (Phi) is 5.86. The van der Waals surface area contributed by atoms with Gasteiger partial charge in [-0.25, -0.2) is 8.42 Å². The molecule has 2 amide bonds. The maximum absolute atomic E-state index is 12.5. The Morgan fingerprint density at radius 3 is 1.96 bits per heavy atom. The standard InChI is InChI=1S/C16H14F3N3O4S/c1-10-2-6-12(7-3-10)20-14(23)15(24)21-22-27(25,26)13-8-4-11(5-9-13)16(17,18)19/h2-9,22H,1H3,(H,20,23)(H,21,24). The maximum atomic E-state index is 12.5. The summed E-state index contributed by atoms with van der Waals surface area (Å²) < 4.78 is 61.4. The zero-order valence-electron chi connectivity index (χ0n) is 13.8. The van der Waals surface area contributed by atoms with Gasteiger partial charge in [-0.05, 0) is 43.3 Å². The predicted octanol–water partition coefficient (Wildman–Crippen LogP) is 1.96. The lowest BCUT2D eigenvalue weighted by Gasteiger charge is -2.10. The third kappa shape index (κ3) is 5.53. The van der Waals surface area contributed by atoms with E-state index in [0.29, 0.717) is 17.8 Å². The first kappa shape index (κ1) is 20.4. The number of hydrogen-bond acceptors (Lipinski definition) is 4. The third-order valence-corrected chi connectivity index (χ3v) is 4.57. The van der Waals surface area contributed by atoms with Gasteiger partial charge < -0.3 is 5.32 Å². The first-order valence-corrected chi connectivity index (χ1v) is 8.84. The zero-order chi connectivity index (χ0) is 20.2. The average Bonchev–Trinajstić information content (AvgIpc) is 2.61. The van der Waals surface area contributed by atoms with E-state index in [1.165, 1.54) is 0 Å². The fraction of sp³-hybridized carbons (Fsp3) is 0.125. The van der Waals surface area contributed by atoms with Gasteiger partial charge in [0, 0.05) is 5.69 Å². The van der Waals surface area contributed by atoms with Crippen molar-refractivity contribution in [2.75, 3.05) is 5.32 Å². The second-order valence-electron chi connectivity index (χ2n) is 5.40. The summed E-state index contributed by atoms with van der Waals surface area (Å²) in [5, 5.41) is 2.26. The van der Waals surface area contributed by atoms with Gasteiger partial charge >= 0.3 is 18.0 Å². The number of hydrogen-bond donors (Lipinski definition) is 3. The fourth-order valence-electron chi connectivity index (χ4n) is 1.88. The summed E-state index contributed by atoms with van der Waals surface area (Å²) in [6.07, 6.45) is -4.61. The Morgan fingerprint density at radius 1 is 0.889 bits per heavy atom. The molecule has 0 radical (unpaired) electrons. The lowest BCUT2D eigenvalue weighted by molar-refractivity contribution is -0.137. The second-order valence-corrected chi connectivity index (χ2v) is 7.08. The van der Waals surface area contributed by atoms with Crippen molar-refractivity contribution in [2.45, 2.75) is 18.0 Å². The number of hydrazine groups is 1. The van der Waals surface area contributed by atoms with Crippen LogP contribution in [0.3, 0.4) is 0 Å². The topological polar surface area (TPSA) is 104 Å². The number of carbonyl (C=O) groups is 2. The molecular formula is C16H14F3N3O4S. The number of carbonyl (C=O) groups excluding carboxylic acids is 2. The molecular weight excluding hydrogens is 387 g/mol. The molecule has 7 nitrogen and oxygen atoms in total. The van der Waals surface area contributed by atoms with Crippen LogP contribution in [0.25, 0.3) is 0 Å². The molecule has 27 heavy (non-hydrogen) atoms. The van der Waals surface area contributed by atoms with Crippen molar-refractivity contribution in [3.8, 4) is 0 Å². The highest BCUT2D eigenvalue weighted by atomic mass is 32.2. The Labute approximate surface area is 152 Å². The highest BCUT2D eigenvalue weighted by molar-refractivity contribution is 7.89. The van der Waals surface area contributed by atoms with E-state index < -0.39 is 38.5 Å². The summed E-state index contributed by atoms with van der Waals surface area (Å²) in [4.78, 5) is 24.5. The average molecular weight is 401 g/mol. The van der Waals surface area contributed by atoms with Gasteiger partial charge in [-0.2, -0.15) is 13.2 Å². The van der Waals surface area contributed by atoms with Crippen LogP contribution in [0.1, 0.15) is 11.1 Å². The molecule has 0 aromatic heterocycles. The van der Waals surface area contributed by atoms with Crippen LogP contribution in [0.15, 0.2) is 53.4 Å². The molecule has 0 aliphatic heterocycles. The Bertz CT molecular complexity index is 940. The van der Waals surface area contributed by atoms with Crippen molar-refractivity contribution in [3.63, 3.8) is 0 Å². The normalized spacial score (nSPS) is 11.7. The number of benzene rings is 2. The highest BCUT2D eigenvalue weighted by Gasteiger charge is 2.30. The molecule has 0 fully saturated rings. The molecule has 3 N–H and O–H groups in total. The van der Waals surface area contributed by atoms with E-state index in [1.807, 2.05) is 6.92 Å². The summed E-state index contributed by atoms with van der Waals surface area (Å²) in [6, 6.07) is 9.11. The SMILES string of the molecule is Cc1ccc(NC(=O)C(=O)NNS(=O)(=O)c2ccc(C(F)(F)F)cc2)cc1. The van der Waals surface area contributed by atoms with Crippen molar-refractivity contribution in [3.05, 3.63) is 59.7 Å². The summed E-state index contributed by atoms with van der Waals surface area (Å²) in [5.41, 5.74) is 1.92. The first-order valence-electron chi connectivity index (χ1n) is 7.36. The Balaban J connectivity index is 1.98. The summed E-state index contributed by atoms with van der Waals surface area (Å²) >= 11 is 0. The largest absolute Gasteiger partial charge is 0.416 e. The van der Waals surface area contributed by atoms with Crippen LogP contribution < -0.4 is 15.6 Å². The second kappa shape index (κ2) is 7.76. The number of sulfonamides is 1. The van der Waals surface area contributed by atoms with Gasteiger partial charge in [0.25, 0.3) is 10.0 Å². The molecule has 2 aromatic carbocycles. The maximum Gasteiger partial charge on any atom is 0.416 e. The molecule has 144 valence electrons. The van der Waals surface area contributed by atoms with Crippen LogP contribution in [0.4, 0.5) is 18.9 Å². The smallest absolute Gasteiger partial charge is 0.318 e. The number of amides is 2. The molecule has 2 rings (SSSR count). The minimum Gasteiger partial charge on any atom is -0.318 e. The summed E-state index contributed by atoms with van der Waals surface area (Å²) in [7, 11) is -4.36. The Hall–Kier alpha value is -2.92. The highest BCUT2D eigenvalue weighted by Crippen LogP contribution is 2.29. The number of nitrogens with one attached hydrogen (secondary N) is 3. The minimum atomic E-state index is -4.61. The molecule has 0 unspecified atom stereocenters. The van der Waals surface area contributed by atoms with Crippen molar-refractivity contribution in [1.82, 2.24) is 10.3 Å². The summed E-state index contributed by atoms with van der Waals surface area (Å²) in [6.45, 7) is 1.83. The van der Waals surface area contributed by atoms with Gasteiger partial charge in [0.15, 0.2) is 0 Å². The van der Waals surface area contributed by atoms with Gasteiger partial charge in [-0.1, -0.05) is 17.7 Å². The summed E-state index contributed by atoms with van der Waals surface area (Å²) in [5.74, 6) is -2.43. The van der Waals surface area contributed by atoms with Gasteiger partial charge in [-0.3, -0.25) is 15.0 Å². The molecule has 0 heterocycles. The first-order chi connectivity index (χ1) is 12.5. The van der Waals surface area contributed by atoms with Crippen LogP contribution in [-0.2, 0) is 25.8 Å². The van der Waals surface area contributed by atoms with Crippen molar-refractivity contribution in [2.24, 2.45) is 0 Å². The van der Waals surface area contributed by atoms with E-state index in [2.05, 4.69) is 5.32 Å². The monoisotopic (exact) mass is 401 g/mol. The predicted molar refractivity (Wildman–Crippen MR) is 89.7 cm³/mol. The van der Waals surface area contributed by atoms with E-state index in [1.54, 1.807) is 34.5 Å². The molecule has 2 aromatic rings. The molecule has 0 atom stereocenters. The van der Waals surface area contributed by atoms with E-state index >= 15 is 0 Å². The number of aryl methyl sites for hydroxylation is 1. The van der Waals surface area contributed by atoms with E-state index in [0.717, 1.165) is 17.7 Å².